The highest BCUT2D eigenvalue weighted by Gasteiger charge is 2.16. The lowest BCUT2D eigenvalue weighted by Gasteiger charge is -2.08. The van der Waals surface area contributed by atoms with Crippen molar-refractivity contribution in [2.45, 2.75) is 19.3 Å². The number of amides is 1. The third-order valence-electron chi connectivity index (χ3n) is 3.42. The van der Waals surface area contributed by atoms with Crippen LogP contribution >= 0.6 is 15.9 Å². The summed E-state index contributed by atoms with van der Waals surface area (Å²) in [6.07, 6.45) is 4.65. The first-order valence-electron chi connectivity index (χ1n) is 6.50. The van der Waals surface area contributed by atoms with Crippen molar-refractivity contribution < 1.29 is 4.79 Å². The van der Waals surface area contributed by atoms with E-state index in [2.05, 4.69) is 39.1 Å². The summed E-state index contributed by atoms with van der Waals surface area (Å²) in [4.78, 5) is 15.6. The third-order valence-corrected chi connectivity index (χ3v) is 3.42. The Hall–Kier alpha value is -1.68. The maximum absolute atomic E-state index is 11.2. The molecule has 0 saturated carbocycles. The van der Waals surface area contributed by atoms with Crippen LogP contribution in [0.2, 0.25) is 0 Å². The topological polar surface area (TPSA) is 56.0 Å². The molecule has 20 heavy (non-hydrogen) atoms. The van der Waals surface area contributed by atoms with E-state index in [0.717, 1.165) is 30.5 Å². The summed E-state index contributed by atoms with van der Waals surface area (Å²) >= 11 is 2.94. The van der Waals surface area contributed by atoms with Crippen LogP contribution in [0.3, 0.4) is 0 Å². The summed E-state index contributed by atoms with van der Waals surface area (Å²) in [6, 6.07) is 10.2. The molecule has 3 nitrogen and oxygen atoms in total. The van der Waals surface area contributed by atoms with Gasteiger partial charge in [-0.25, -0.2) is 0 Å². The summed E-state index contributed by atoms with van der Waals surface area (Å²) in [5, 5.41) is 0. The fraction of sp³-hybridized carbons (Fsp3) is 0.250. The molecule has 1 heterocycles. The second kappa shape index (κ2) is 6.66. The fourth-order valence-corrected chi connectivity index (χ4v) is 2.52. The predicted molar refractivity (Wildman–Crippen MR) is 85.1 cm³/mol. The van der Waals surface area contributed by atoms with Gasteiger partial charge in [0.25, 0.3) is 0 Å². The predicted octanol–water partition coefficient (Wildman–Crippen LogP) is 3.35. The standard InChI is InChI=1S/C15H14N2O.CH3Br/c16-15(18)12-8-11-6-3-5-10-4-1-2-7-13(10)14(11)17-9-12;1-2/h1-2,4,7-9H,3,5-6H2,(H2,16,18);1H3. The molecule has 1 aliphatic carbocycles. The average molecular weight is 333 g/mol. The van der Waals surface area contributed by atoms with Crippen molar-refractivity contribution >= 4 is 21.8 Å². The van der Waals surface area contributed by atoms with Gasteiger partial charge in [0, 0.05) is 11.8 Å². The molecule has 3 rings (SSSR count). The number of nitrogens with two attached hydrogens (primary N) is 1. The highest BCUT2D eigenvalue weighted by Crippen LogP contribution is 2.30. The van der Waals surface area contributed by atoms with E-state index in [-0.39, 0.29) is 0 Å². The molecule has 0 unspecified atom stereocenters. The van der Waals surface area contributed by atoms with E-state index in [4.69, 9.17) is 5.73 Å². The van der Waals surface area contributed by atoms with Gasteiger partial charge in [-0.1, -0.05) is 40.2 Å². The van der Waals surface area contributed by atoms with Crippen LogP contribution < -0.4 is 5.73 Å². The molecule has 0 saturated heterocycles. The van der Waals surface area contributed by atoms with Crippen molar-refractivity contribution in [3.05, 3.63) is 53.2 Å². The summed E-state index contributed by atoms with van der Waals surface area (Å²) in [6.45, 7) is 0. The van der Waals surface area contributed by atoms with Crippen LogP contribution in [-0.2, 0) is 12.8 Å². The number of primary amides is 1. The Kier molecular flexibility index (Phi) is 4.90. The molecule has 1 aromatic heterocycles. The number of nitrogens with zero attached hydrogens (tertiary/aromatic N) is 1. The maximum atomic E-state index is 11.2. The molecular formula is C16H17BrN2O. The van der Waals surface area contributed by atoms with Crippen LogP contribution in [0.25, 0.3) is 11.3 Å². The Morgan fingerprint density at radius 1 is 1.20 bits per heavy atom. The second-order valence-corrected chi connectivity index (χ2v) is 4.61. The molecule has 0 fully saturated rings. The van der Waals surface area contributed by atoms with Gasteiger partial charge in [-0.3, -0.25) is 9.78 Å². The van der Waals surface area contributed by atoms with E-state index in [9.17, 15) is 4.79 Å². The Labute approximate surface area is 127 Å². The summed E-state index contributed by atoms with van der Waals surface area (Å²) in [5.41, 5.74) is 10.4. The number of fused-ring (bicyclic) bond motifs is 3. The molecule has 0 atom stereocenters. The number of pyridine rings is 1. The summed E-state index contributed by atoms with van der Waals surface area (Å²) in [7, 11) is 0. The number of hydrogen-bond acceptors (Lipinski definition) is 2. The normalized spacial score (nSPS) is 12.3. The van der Waals surface area contributed by atoms with E-state index in [1.807, 2.05) is 18.0 Å². The van der Waals surface area contributed by atoms with Crippen molar-refractivity contribution in [1.82, 2.24) is 4.98 Å². The van der Waals surface area contributed by atoms with Crippen LogP contribution in [0.1, 0.15) is 27.9 Å². The van der Waals surface area contributed by atoms with Crippen LogP contribution in [0, 0.1) is 0 Å². The van der Waals surface area contributed by atoms with Gasteiger partial charge in [-0.2, -0.15) is 0 Å². The minimum absolute atomic E-state index is 0.414. The van der Waals surface area contributed by atoms with Crippen LogP contribution in [-0.4, -0.2) is 16.7 Å². The Morgan fingerprint density at radius 3 is 2.65 bits per heavy atom. The minimum atomic E-state index is -0.414. The Morgan fingerprint density at radius 2 is 1.90 bits per heavy atom. The van der Waals surface area contributed by atoms with Gasteiger partial charge in [0.2, 0.25) is 5.91 Å². The number of halogens is 1. The summed E-state index contributed by atoms with van der Waals surface area (Å²) < 4.78 is 0. The Bertz CT molecular complexity index is 626. The van der Waals surface area contributed by atoms with Gasteiger partial charge >= 0.3 is 0 Å². The van der Waals surface area contributed by atoms with Crippen molar-refractivity contribution in [1.29, 1.82) is 0 Å². The molecule has 0 spiro atoms. The SMILES string of the molecule is CBr.NC(=O)c1cnc2c(c1)CCCc1ccccc1-2. The van der Waals surface area contributed by atoms with E-state index in [0.29, 0.717) is 5.56 Å². The minimum Gasteiger partial charge on any atom is -0.366 e. The molecule has 0 aliphatic heterocycles. The zero-order valence-electron chi connectivity index (χ0n) is 11.4. The van der Waals surface area contributed by atoms with Gasteiger partial charge in [-0.05, 0) is 42.3 Å². The molecule has 1 aliphatic rings. The lowest BCUT2D eigenvalue weighted by atomic mass is 10.0. The number of rotatable bonds is 1. The highest BCUT2D eigenvalue weighted by molar-refractivity contribution is 9.08. The average Bonchev–Trinajstić information content (AvgIpc) is 2.68. The van der Waals surface area contributed by atoms with Crippen LogP contribution in [0.4, 0.5) is 0 Å². The number of hydrogen-bond donors (Lipinski definition) is 1. The first kappa shape index (κ1) is 14.7. The number of carbonyl (C=O) groups excluding carboxylic acids is 1. The number of aromatic nitrogens is 1. The lowest BCUT2D eigenvalue weighted by molar-refractivity contribution is 0.1000. The van der Waals surface area contributed by atoms with Crippen molar-refractivity contribution in [3.63, 3.8) is 0 Å². The quantitative estimate of drug-likeness (QED) is 0.814. The van der Waals surface area contributed by atoms with Crippen molar-refractivity contribution in [3.8, 4) is 11.3 Å². The third kappa shape index (κ3) is 2.90. The largest absolute Gasteiger partial charge is 0.366 e. The molecule has 1 aromatic carbocycles. The first-order valence-corrected chi connectivity index (χ1v) is 8.09. The molecular weight excluding hydrogens is 316 g/mol. The molecule has 1 amide bonds. The maximum Gasteiger partial charge on any atom is 0.250 e. The van der Waals surface area contributed by atoms with E-state index in [1.54, 1.807) is 6.20 Å². The fourth-order valence-electron chi connectivity index (χ4n) is 2.52. The second-order valence-electron chi connectivity index (χ2n) is 4.61. The zero-order chi connectivity index (χ0) is 14.5. The zero-order valence-corrected chi connectivity index (χ0v) is 13.0. The van der Waals surface area contributed by atoms with Crippen LogP contribution in [0.5, 0.6) is 0 Å². The van der Waals surface area contributed by atoms with Gasteiger partial charge < -0.3 is 5.73 Å². The van der Waals surface area contributed by atoms with Gasteiger partial charge in [0.05, 0.1) is 11.3 Å². The number of benzene rings is 1. The van der Waals surface area contributed by atoms with Crippen LogP contribution in [0.15, 0.2) is 36.5 Å². The number of aryl methyl sites for hydroxylation is 2. The first-order chi connectivity index (χ1) is 9.75. The molecule has 0 radical (unpaired) electrons. The van der Waals surface area contributed by atoms with E-state index < -0.39 is 5.91 Å². The van der Waals surface area contributed by atoms with Gasteiger partial charge in [-0.15, -0.1) is 0 Å². The smallest absolute Gasteiger partial charge is 0.250 e. The van der Waals surface area contributed by atoms with E-state index in [1.165, 1.54) is 11.1 Å². The molecule has 0 bridgehead atoms. The lowest BCUT2D eigenvalue weighted by Crippen LogP contribution is -2.12. The monoisotopic (exact) mass is 332 g/mol. The molecule has 4 heteroatoms. The Balaban J connectivity index is 0.000000704. The van der Waals surface area contributed by atoms with Crippen molar-refractivity contribution in [2.75, 3.05) is 5.83 Å². The van der Waals surface area contributed by atoms with Gasteiger partial charge in [0.1, 0.15) is 0 Å². The molecule has 104 valence electrons. The number of carbonyl (C=O) groups is 1. The van der Waals surface area contributed by atoms with Crippen molar-refractivity contribution in [2.24, 2.45) is 5.73 Å². The number of alkyl halides is 1. The summed E-state index contributed by atoms with van der Waals surface area (Å²) in [5.74, 6) is 1.40. The molecule has 2 aromatic rings. The van der Waals surface area contributed by atoms with Gasteiger partial charge in [0.15, 0.2) is 0 Å². The molecule has 2 N–H and O–H groups in total. The van der Waals surface area contributed by atoms with E-state index >= 15 is 0 Å². The highest BCUT2D eigenvalue weighted by atomic mass is 79.9.